The maximum Gasteiger partial charge on any atom is 0.294 e. The number of imidazole rings is 1. The van der Waals surface area contributed by atoms with Crippen LogP contribution in [0.4, 0.5) is 11.4 Å². The molecule has 1 heterocycles. The number of amides is 1. The molecule has 0 aliphatic heterocycles. The first-order valence-electron chi connectivity index (χ1n) is 6.02. The number of nitrogen functional groups attached to an aromatic ring is 1. The van der Waals surface area contributed by atoms with Gasteiger partial charge in [-0.3, -0.25) is 20.8 Å². The summed E-state index contributed by atoms with van der Waals surface area (Å²) in [5, 5.41) is 11.0. The lowest BCUT2D eigenvalue weighted by molar-refractivity contribution is -0.384. The quantitative estimate of drug-likeness (QED) is 0.425. The Kier molecular flexibility index (Phi) is 4.14. The second kappa shape index (κ2) is 6.01. The van der Waals surface area contributed by atoms with Gasteiger partial charge in [-0.25, -0.2) is 4.98 Å². The van der Waals surface area contributed by atoms with E-state index in [-0.39, 0.29) is 23.5 Å². The minimum atomic E-state index is -0.599. The number of nitro groups is 1. The molecule has 4 N–H and O–H groups in total. The van der Waals surface area contributed by atoms with Crippen molar-refractivity contribution in [1.29, 1.82) is 0 Å². The summed E-state index contributed by atoms with van der Waals surface area (Å²) in [6.07, 6.45) is 3.22. The summed E-state index contributed by atoms with van der Waals surface area (Å²) < 4.78 is 0. The molecule has 0 radical (unpaired) electrons. The van der Waals surface area contributed by atoms with Crippen LogP contribution in [0.15, 0.2) is 30.6 Å². The Balaban J connectivity index is 2.30. The molecule has 2 rings (SSSR count). The zero-order chi connectivity index (χ0) is 15.4. The second-order valence-corrected chi connectivity index (χ2v) is 4.30. The highest BCUT2D eigenvalue weighted by Gasteiger charge is 2.23. The smallest absolute Gasteiger partial charge is 0.294 e. The van der Waals surface area contributed by atoms with Crippen LogP contribution in [0.3, 0.4) is 0 Å². The summed E-state index contributed by atoms with van der Waals surface area (Å²) in [6.45, 7) is 0.249. The molecule has 0 saturated heterocycles. The van der Waals surface area contributed by atoms with E-state index in [1.165, 1.54) is 23.1 Å². The van der Waals surface area contributed by atoms with Crippen LogP contribution in [-0.2, 0) is 6.54 Å². The minimum Gasteiger partial charge on any atom is -0.347 e. The first-order valence-corrected chi connectivity index (χ1v) is 6.02. The standard InChI is InChI=1S/C12H14N6O3/c1-17(7-10-14-5-6-15-10)12(19)8-3-2-4-9(18(20)21)11(8)16-13/h2-6,16H,7,13H2,1H3,(H,14,15). The Bertz CT molecular complexity index is 655. The molecular formula is C12H14N6O3. The van der Waals surface area contributed by atoms with Crippen molar-refractivity contribution in [2.24, 2.45) is 5.84 Å². The van der Waals surface area contributed by atoms with E-state index in [0.29, 0.717) is 5.82 Å². The molecule has 0 spiro atoms. The fraction of sp³-hybridized carbons (Fsp3) is 0.167. The monoisotopic (exact) mass is 290 g/mol. The third kappa shape index (κ3) is 2.98. The number of nitrogens with one attached hydrogen (secondary N) is 2. The van der Waals surface area contributed by atoms with Gasteiger partial charge in [0.25, 0.3) is 11.6 Å². The topological polar surface area (TPSA) is 130 Å². The van der Waals surface area contributed by atoms with E-state index in [4.69, 9.17) is 5.84 Å². The molecule has 0 aliphatic rings. The van der Waals surface area contributed by atoms with Crippen molar-refractivity contribution in [1.82, 2.24) is 14.9 Å². The number of hydrazine groups is 1. The summed E-state index contributed by atoms with van der Waals surface area (Å²) in [7, 11) is 1.57. The third-order valence-electron chi connectivity index (χ3n) is 2.90. The molecule has 9 heteroatoms. The Morgan fingerprint density at radius 1 is 1.57 bits per heavy atom. The number of rotatable bonds is 5. The van der Waals surface area contributed by atoms with Gasteiger partial charge in [0.2, 0.25) is 0 Å². The van der Waals surface area contributed by atoms with Gasteiger partial charge < -0.3 is 15.3 Å². The number of nitro benzene ring substituents is 1. The molecule has 1 amide bonds. The van der Waals surface area contributed by atoms with Gasteiger partial charge in [-0.15, -0.1) is 0 Å². The van der Waals surface area contributed by atoms with Crippen LogP contribution in [0.25, 0.3) is 0 Å². The first-order chi connectivity index (χ1) is 10.0. The maximum atomic E-state index is 12.4. The molecule has 0 unspecified atom stereocenters. The number of carbonyl (C=O) groups is 1. The van der Waals surface area contributed by atoms with Crippen molar-refractivity contribution in [2.75, 3.05) is 12.5 Å². The average molecular weight is 290 g/mol. The van der Waals surface area contributed by atoms with Crippen molar-refractivity contribution in [3.05, 3.63) is 52.1 Å². The predicted octanol–water partition coefficient (Wildman–Crippen LogP) is 0.876. The molecule has 2 aromatic rings. The number of hydrogen-bond acceptors (Lipinski definition) is 6. The van der Waals surface area contributed by atoms with E-state index >= 15 is 0 Å². The second-order valence-electron chi connectivity index (χ2n) is 4.30. The molecule has 0 saturated carbocycles. The first kappa shape index (κ1) is 14.5. The maximum absolute atomic E-state index is 12.4. The van der Waals surface area contributed by atoms with Crippen LogP contribution in [0.1, 0.15) is 16.2 Å². The van der Waals surface area contributed by atoms with Crippen molar-refractivity contribution >= 4 is 17.3 Å². The van der Waals surface area contributed by atoms with Crippen LogP contribution in [-0.4, -0.2) is 32.7 Å². The Morgan fingerprint density at radius 2 is 2.33 bits per heavy atom. The van der Waals surface area contributed by atoms with Crippen molar-refractivity contribution in [2.45, 2.75) is 6.54 Å². The molecule has 1 aromatic carbocycles. The molecular weight excluding hydrogens is 276 g/mol. The third-order valence-corrected chi connectivity index (χ3v) is 2.90. The lowest BCUT2D eigenvalue weighted by Crippen LogP contribution is -2.28. The van der Waals surface area contributed by atoms with Crippen molar-refractivity contribution in [3.8, 4) is 0 Å². The number of anilines is 1. The number of nitrogens with zero attached hydrogens (tertiary/aromatic N) is 3. The number of aromatic amines is 1. The fourth-order valence-electron chi connectivity index (χ4n) is 1.91. The number of nitrogens with two attached hydrogens (primary N) is 1. The highest BCUT2D eigenvalue weighted by atomic mass is 16.6. The van der Waals surface area contributed by atoms with Crippen LogP contribution in [0.2, 0.25) is 0 Å². The summed E-state index contributed by atoms with van der Waals surface area (Å²) in [5.41, 5.74) is 2.08. The van der Waals surface area contributed by atoms with Gasteiger partial charge in [-0.1, -0.05) is 6.07 Å². The molecule has 0 aliphatic carbocycles. The van der Waals surface area contributed by atoms with E-state index < -0.39 is 10.8 Å². The summed E-state index contributed by atoms with van der Waals surface area (Å²) in [4.78, 5) is 31.0. The Labute approximate surface area is 119 Å². The van der Waals surface area contributed by atoms with Crippen molar-refractivity contribution in [3.63, 3.8) is 0 Å². The van der Waals surface area contributed by atoms with Gasteiger partial charge in [0.15, 0.2) is 0 Å². The predicted molar refractivity (Wildman–Crippen MR) is 75.3 cm³/mol. The van der Waals surface area contributed by atoms with Crippen LogP contribution in [0, 0.1) is 10.1 Å². The number of hydrogen-bond donors (Lipinski definition) is 3. The molecule has 0 fully saturated rings. The van der Waals surface area contributed by atoms with E-state index in [9.17, 15) is 14.9 Å². The summed E-state index contributed by atoms with van der Waals surface area (Å²) in [5.74, 6) is 5.53. The normalized spacial score (nSPS) is 10.2. The van der Waals surface area contributed by atoms with Gasteiger partial charge >= 0.3 is 0 Å². The van der Waals surface area contributed by atoms with Crippen molar-refractivity contribution < 1.29 is 9.72 Å². The van der Waals surface area contributed by atoms with E-state index in [2.05, 4.69) is 15.4 Å². The van der Waals surface area contributed by atoms with Gasteiger partial charge in [0.1, 0.15) is 11.5 Å². The number of H-pyrrole nitrogens is 1. The lowest BCUT2D eigenvalue weighted by Gasteiger charge is -2.17. The highest BCUT2D eigenvalue weighted by molar-refractivity contribution is 6.01. The molecule has 0 atom stereocenters. The molecule has 110 valence electrons. The zero-order valence-corrected chi connectivity index (χ0v) is 11.2. The zero-order valence-electron chi connectivity index (χ0n) is 11.2. The number of carbonyl (C=O) groups excluding carboxylic acids is 1. The molecule has 9 nitrogen and oxygen atoms in total. The average Bonchev–Trinajstić information content (AvgIpc) is 2.98. The fourth-order valence-corrected chi connectivity index (χ4v) is 1.91. The SMILES string of the molecule is CN(Cc1ncc[nH]1)C(=O)c1cccc([N+](=O)[O-])c1NN. The van der Waals surface area contributed by atoms with E-state index in [1.54, 1.807) is 19.4 Å². The summed E-state index contributed by atoms with van der Waals surface area (Å²) in [6, 6.07) is 4.19. The van der Waals surface area contributed by atoms with Gasteiger partial charge in [-0.2, -0.15) is 0 Å². The van der Waals surface area contributed by atoms with Gasteiger partial charge in [-0.05, 0) is 6.07 Å². The van der Waals surface area contributed by atoms with Gasteiger partial charge in [0.05, 0.1) is 17.0 Å². The van der Waals surface area contributed by atoms with Crippen LogP contribution >= 0.6 is 0 Å². The Hall–Kier alpha value is -2.94. The number of benzene rings is 1. The minimum absolute atomic E-state index is 0.0150. The molecule has 1 aromatic heterocycles. The summed E-state index contributed by atoms with van der Waals surface area (Å²) >= 11 is 0. The number of para-hydroxylation sites is 1. The van der Waals surface area contributed by atoms with Crippen LogP contribution < -0.4 is 11.3 Å². The van der Waals surface area contributed by atoms with E-state index in [0.717, 1.165) is 0 Å². The van der Waals surface area contributed by atoms with Crippen LogP contribution in [0.5, 0.6) is 0 Å². The molecule has 21 heavy (non-hydrogen) atoms. The largest absolute Gasteiger partial charge is 0.347 e. The lowest BCUT2D eigenvalue weighted by atomic mass is 10.1. The van der Waals surface area contributed by atoms with E-state index in [1.807, 2.05) is 0 Å². The number of aromatic nitrogens is 2. The van der Waals surface area contributed by atoms with Gasteiger partial charge in [0, 0.05) is 25.5 Å². The Morgan fingerprint density at radius 3 is 2.90 bits per heavy atom. The molecule has 0 bridgehead atoms. The highest BCUT2D eigenvalue weighted by Crippen LogP contribution is 2.28.